The first-order valence-corrected chi connectivity index (χ1v) is 21.4. The van der Waals surface area contributed by atoms with Crippen molar-refractivity contribution in [1.82, 2.24) is 20.6 Å². The van der Waals surface area contributed by atoms with Gasteiger partial charge in [0.25, 0.3) is 0 Å². The van der Waals surface area contributed by atoms with Crippen LogP contribution in [0.4, 0.5) is 23.0 Å². The number of pyridine rings is 2. The Morgan fingerprint density at radius 1 is 0.483 bits per heavy atom. The molecule has 0 spiro atoms. The van der Waals surface area contributed by atoms with E-state index in [4.69, 9.17) is 9.97 Å². The van der Waals surface area contributed by atoms with Crippen LogP contribution in [0.15, 0.2) is 121 Å². The molecule has 0 unspecified atom stereocenters. The van der Waals surface area contributed by atoms with Crippen molar-refractivity contribution in [3.05, 3.63) is 132 Å². The van der Waals surface area contributed by atoms with Crippen LogP contribution in [0.5, 0.6) is 0 Å². The van der Waals surface area contributed by atoms with E-state index in [-0.39, 0.29) is 11.1 Å². The molecule has 6 aromatic rings. The summed E-state index contributed by atoms with van der Waals surface area (Å²) >= 11 is 0. The summed E-state index contributed by atoms with van der Waals surface area (Å²) in [6.45, 7) is 19.3. The predicted octanol–water partition coefficient (Wildman–Crippen LogP) is 10.4. The van der Waals surface area contributed by atoms with Crippen LogP contribution in [0.25, 0.3) is 21.8 Å². The Kier molecular flexibility index (Phi) is 13.1. The van der Waals surface area contributed by atoms with E-state index in [0.717, 1.165) is 61.9 Å². The molecule has 4 aromatic carbocycles. The summed E-state index contributed by atoms with van der Waals surface area (Å²) in [4.78, 5) is 14.8. The van der Waals surface area contributed by atoms with Crippen molar-refractivity contribution in [2.45, 2.75) is 103 Å². The summed E-state index contributed by atoms with van der Waals surface area (Å²) in [5.74, 6) is 1.88. The molecule has 8 heteroatoms. The first-order chi connectivity index (χ1) is 28.0. The van der Waals surface area contributed by atoms with Crippen LogP contribution in [0.1, 0.15) is 78.4 Å². The number of piperidine rings is 2. The van der Waals surface area contributed by atoms with E-state index >= 15 is 0 Å². The van der Waals surface area contributed by atoms with Gasteiger partial charge in [0.1, 0.15) is 11.6 Å². The lowest BCUT2D eigenvalue weighted by atomic mass is 9.99. The normalized spacial score (nSPS) is 15.6. The number of aromatic nitrogens is 2. The quantitative estimate of drug-likeness (QED) is 0.110. The molecule has 2 aliphatic heterocycles. The smallest absolute Gasteiger partial charge is 0.129 e. The van der Waals surface area contributed by atoms with Crippen LogP contribution in [0.2, 0.25) is 0 Å². The van der Waals surface area contributed by atoms with Gasteiger partial charge in [0, 0.05) is 96.7 Å². The summed E-state index contributed by atoms with van der Waals surface area (Å²) in [6, 6.07) is 43.6. The van der Waals surface area contributed by atoms with E-state index in [1.54, 1.807) is 0 Å². The predicted molar refractivity (Wildman–Crippen MR) is 247 cm³/mol. The maximum atomic E-state index is 4.86. The van der Waals surface area contributed by atoms with Gasteiger partial charge in [-0.2, -0.15) is 0 Å². The van der Waals surface area contributed by atoms with Gasteiger partial charge in [0.15, 0.2) is 0 Å². The van der Waals surface area contributed by atoms with E-state index in [1.807, 2.05) is 12.1 Å². The zero-order valence-electron chi connectivity index (χ0n) is 35.6. The standard InChI is InChI=1S/2C25H32N4/c2*1-25(2,3)28-20-13-15-29(16-14-20)23-17-24(26-18-19-9-5-4-6-10-19)27-22-12-8-7-11-21(22)23/h2*4-12,17,20,28H,13-16,18H2,1-3H3,(H,26,27). The van der Waals surface area contributed by atoms with Crippen LogP contribution in [-0.4, -0.2) is 59.3 Å². The van der Waals surface area contributed by atoms with Crippen LogP contribution in [-0.2, 0) is 13.1 Å². The van der Waals surface area contributed by atoms with Gasteiger partial charge < -0.3 is 31.1 Å². The Morgan fingerprint density at radius 3 is 1.19 bits per heavy atom. The van der Waals surface area contributed by atoms with Crippen molar-refractivity contribution in [2.24, 2.45) is 0 Å². The number of nitrogens with one attached hydrogen (secondary N) is 4. The molecule has 58 heavy (non-hydrogen) atoms. The summed E-state index contributed by atoms with van der Waals surface area (Å²) in [7, 11) is 0. The van der Waals surface area contributed by atoms with Gasteiger partial charge in [-0.3, -0.25) is 0 Å². The summed E-state index contributed by atoms with van der Waals surface area (Å²) in [5, 5.41) is 17.0. The van der Waals surface area contributed by atoms with E-state index in [0.29, 0.717) is 12.1 Å². The fourth-order valence-electron chi connectivity index (χ4n) is 8.35. The van der Waals surface area contributed by atoms with Gasteiger partial charge in [-0.05, 0) is 90.5 Å². The first-order valence-electron chi connectivity index (χ1n) is 21.4. The molecular weight excluding hydrogens is 713 g/mol. The molecule has 0 amide bonds. The fraction of sp³-hybridized carbons (Fsp3) is 0.400. The van der Waals surface area contributed by atoms with Crippen molar-refractivity contribution in [3.63, 3.8) is 0 Å². The molecule has 4 heterocycles. The minimum atomic E-state index is 0.171. The number of hydrogen-bond donors (Lipinski definition) is 4. The monoisotopic (exact) mass is 777 g/mol. The van der Waals surface area contributed by atoms with Gasteiger partial charge in [0.2, 0.25) is 0 Å². The molecule has 2 saturated heterocycles. The van der Waals surface area contributed by atoms with Gasteiger partial charge >= 0.3 is 0 Å². The highest BCUT2D eigenvalue weighted by Crippen LogP contribution is 2.33. The van der Waals surface area contributed by atoms with Crippen molar-refractivity contribution in [1.29, 1.82) is 0 Å². The van der Waals surface area contributed by atoms with Crippen LogP contribution < -0.4 is 31.1 Å². The highest BCUT2D eigenvalue weighted by atomic mass is 15.2. The molecular formula is C50H64N8. The van der Waals surface area contributed by atoms with E-state index in [9.17, 15) is 0 Å². The largest absolute Gasteiger partial charge is 0.371 e. The lowest BCUT2D eigenvalue weighted by Crippen LogP contribution is -2.49. The molecule has 0 atom stereocenters. The Bertz CT molecular complexity index is 2030. The Hall–Kier alpha value is -5.18. The molecule has 8 nitrogen and oxygen atoms in total. The number of anilines is 4. The van der Waals surface area contributed by atoms with Crippen molar-refractivity contribution in [2.75, 3.05) is 46.6 Å². The van der Waals surface area contributed by atoms with Gasteiger partial charge in [-0.25, -0.2) is 9.97 Å². The number of fused-ring (bicyclic) bond motifs is 2. The molecule has 0 aliphatic carbocycles. The fourth-order valence-corrected chi connectivity index (χ4v) is 8.35. The lowest BCUT2D eigenvalue weighted by Gasteiger charge is -2.37. The molecule has 2 aliphatic rings. The molecule has 2 aromatic heterocycles. The number of rotatable bonds is 10. The molecule has 304 valence electrons. The molecule has 0 saturated carbocycles. The van der Waals surface area contributed by atoms with Crippen LogP contribution in [0, 0.1) is 0 Å². The number of nitrogens with zero attached hydrogens (tertiary/aromatic N) is 4. The second-order valence-corrected chi connectivity index (χ2v) is 18.1. The first kappa shape index (κ1) is 41.0. The van der Waals surface area contributed by atoms with Crippen LogP contribution in [0.3, 0.4) is 0 Å². The molecule has 4 N–H and O–H groups in total. The third kappa shape index (κ3) is 11.5. The Labute approximate surface area is 346 Å². The molecule has 0 radical (unpaired) electrons. The van der Waals surface area contributed by atoms with E-state index < -0.39 is 0 Å². The third-order valence-corrected chi connectivity index (χ3v) is 11.0. The zero-order chi connectivity index (χ0) is 40.5. The lowest BCUT2D eigenvalue weighted by molar-refractivity contribution is 0.317. The second kappa shape index (κ2) is 18.6. The SMILES string of the molecule is CC(C)(C)NC1CCN(c2cc(NCc3ccccc3)nc3ccccc23)CC1.CC(C)(C)NC1CCN(c2cc(NCc3ccccc3)nc3ccccc23)CC1. The topological polar surface area (TPSA) is 80.4 Å². The maximum absolute atomic E-state index is 4.86. The Balaban J connectivity index is 0.000000177. The van der Waals surface area contributed by atoms with E-state index in [2.05, 4.69) is 182 Å². The number of para-hydroxylation sites is 2. The minimum absolute atomic E-state index is 0.171. The van der Waals surface area contributed by atoms with E-state index in [1.165, 1.54) is 59.0 Å². The van der Waals surface area contributed by atoms with Gasteiger partial charge in [0.05, 0.1) is 11.0 Å². The summed E-state index contributed by atoms with van der Waals surface area (Å²) < 4.78 is 0. The van der Waals surface area contributed by atoms with Gasteiger partial charge in [-0.1, -0.05) is 97.1 Å². The van der Waals surface area contributed by atoms with Crippen LogP contribution >= 0.6 is 0 Å². The zero-order valence-corrected chi connectivity index (χ0v) is 35.6. The maximum Gasteiger partial charge on any atom is 0.129 e. The minimum Gasteiger partial charge on any atom is -0.371 e. The highest BCUT2D eigenvalue weighted by Gasteiger charge is 2.26. The second-order valence-electron chi connectivity index (χ2n) is 18.1. The summed E-state index contributed by atoms with van der Waals surface area (Å²) in [6.07, 6.45) is 4.67. The highest BCUT2D eigenvalue weighted by molar-refractivity contribution is 5.94. The average Bonchev–Trinajstić information content (AvgIpc) is 3.22. The number of hydrogen-bond acceptors (Lipinski definition) is 8. The van der Waals surface area contributed by atoms with Crippen molar-refractivity contribution in [3.8, 4) is 0 Å². The van der Waals surface area contributed by atoms with Gasteiger partial charge in [-0.15, -0.1) is 0 Å². The summed E-state index contributed by atoms with van der Waals surface area (Å²) in [5.41, 5.74) is 7.55. The molecule has 0 bridgehead atoms. The molecule has 2 fully saturated rings. The Morgan fingerprint density at radius 2 is 0.828 bits per heavy atom. The molecule has 8 rings (SSSR count). The van der Waals surface area contributed by atoms with Crippen molar-refractivity contribution < 1.29 is 0 Å². The average molecular weight is 777 g/mol. The number of benzene rings is 4. The van der Waals surface area contributed by atoms with Crippen molar-refractivity contribution >= 4 is 44.8 Å². The third-order valence-electron chi connectivity index (χ3n) is 11.0.